The highest BCUT2D eigenvalue weighted by Crippen LogP contribution is 2.29. The number of amides is 1. The number of hydrogen-bond donors (Lipinski definition) is 1. The van der Waals surface area contributed by atoms with Gasteiger partial charge in [-0.1, -0.05) is 0 Å². The number of fused-ring (bicyclic) bond motifs is 1. The van der Waals surface area contributed by atoms with E-state index in [1.807, 2.05) is 29.2 Å². The molecule has 0 bridgehead atoms. The predicted molar refractivity (Wildman–Crippen MR) is 82.2 cm³/mol. The highest BCUT2D eigenvalue weighted by Gasteiger charge is 2.25. The molecule has 0 saturated carbocycles. The van der Waals surface area contributed by atoms with Crippen LogP contribution in [0.4, 0.5) is 5.69 Å². The lowest BCUT2D eigenvalue weighted by Crippen LogP contribution is -2.42. The number of methoxy groups -OCH3 is 1. The van der Waals surface area contributed by atoms with Gasteiger partial charge in [-0.15, -0.1) is 11.3 Å². The van der Waals surface area contributed by atoms with Crippen molar-refractivity contribution < 1.29 is 9.53 Å². The number of carbonyl (C=O) groups is 1. The molecular weight excluding hydrogens is 272 g/mol. The van der Waals surface area contributed by atoms with E-state index in [0.717, 1.165) is 40.0 Å². The van der Waals surface area contributed by atoms with Crippen molar-refractivity contribution in [2.45, 2.75) is 18.9 Å². The molecule has 1 aliphatic rings. The summed E-state index contributed by atoms with van der Waals surface area (Å²) in [7, 11) is 1.71. The van der Waals surface area contributed by atoms with E-state index in [2.05, 4.69) is 0 Å². The van der Waals surface area contributed by atoms with Crippen LogP contribution in [-0.2, 0) is 4.74 Å². The minimum atomic E-state index is 0.103. The van der Waals surface area contributed by atoms with Gasteiger partial charge in [-0.25, -0.2) is 0 Å². The van der Waals surface area contributed by atoms with E-state index in [9.17, 15) is 4.79 Å². The van der Waals surface area contributed by atoms with E-state index >= 15 is 0 Å². The molecule has 0 radical (unpaired) electrons. The maximum Gasteiger partial charge on any atom is 0.264 e. The van der Waals surface area contributed by atoms with Crippen molar-refractivity contribution in [1.29, 1.82) is 0 Å². The number of nitrogen functional groups attached to an aromatic ring is 1. The Kier molecular flexibility index (Phi) is 3.63. The van der Waals surface area contributed by atoms with Crippen LogP contribution in [-0.4, -0.2) is 37.1 Å². The lowest BCUT2D eigenvalue weighted by Gasteiger charge is -2.31. The summed E-state index contributed by atoms with van der Waals surface area (Å²) in [5, 5.41) is 1.04. The molecule has 2 aromatic rings. The second-order valence-corrected chi connectivity index (χ2v) is 6.24. The van der Waals surface area contributed by atoms with Crippen LogP contribution in [0.3, 0.4) is 0 Å². The third kappa shape index (κ3) is 2.51. The Labute approximate surface area is 122 Å². The Balaban J connectivity index is 1.84. The molecule has 2 N–H and O–H groups in total. The normalized spacial score (nSPS) is 19.4. The molecule has 1 fully saturated rings. The summed E-state index contributed by atoms with van der Waals surface area (Å²) in [6.45, 7) is 1.50. The van der Waals surface area contributed by atoms with Crippen LogP contribution in [0.1, 0.15) is 22.5 Å². The molecule has 1 aromatic heterocycles. The van der Waals surface area contributed by atoms with Crippen molar-refractivity contribution >= 4 is 33.0 Å². The number of nitrogens with two attached hydrogens (primary N) is 1. The topological polar surface area (TPSA) is 55.6 Å². The maximum absolute atomic E-state index is 12.6. The first-order valence-corrected chi connectivity index (χ1v) is 7.60. The minimum absolute atomic E-state index is 0.103. The Morgan fingerprint density at radius 3 is 3.10 bits per heavy atom. The van der Waals surface area contributed by atoms with Gasteiger partial charge in [0.1, 0.15) is 0 Å². The number of rotatable bonds is 2. The van der Waals surface area contributed by atoms with E-state index in [-0.39, 0.29) is 12.0 Å². The van der Waals surface area contributed by atoms with Gasteiger partial charge in [0.05, 0.1) is 11.0 Å². The first kappa shape index (κ1) is 13.4. The van der Waals surface area contributed by atoms with Gasteiger partial charge in [-0.3, -0.25) is 4.79 Å². The summed E-state index contributed by atoms with van der Waals surface area (Å²) >= 11 is 1.53. The second-order valence-electron chi connectivity index (χ2n) is 5.16. The number of benzene rings is 1. The third-order valence-electron chi connectivity index (χ3n) is 3.75. The standard InChI is InChI=1S/C15H18N2O2S/c1-19-12-3-2-6-17(9-12)15(18)14-8-10-7-11(16)4-5-13(10)20-14/h4-5,7-8,12H,2-3,6,9,16H2,1H3. The predicted octanol–water partition coefficient (Wildman–Crippen LogP) is 2.73. The molecule has 1 aromatic carbocycles. The average Bonchev–Trinajstić information content (AvgIpc) is 2.89. The smallest absolute Gasteiger partial charge is 0.264 e. The van der Waals surface area contributed by atoms with Crippen LogP contribution in [0.5, 0.6) is 0 Å². The van der Waals surface area contributed by atoms with E-state index in [1.165, 1.54) is 11.3 Å². The van der Waals surface area contributed by atoms with Crippen LogP contribution in [0.15, 0.2) is 24.3 Å². The SMILES string of the molecule is COC1CCCN(C(=O)c2cc3cc(N)ccc3s2)C1. The Morgan fingerprint density at radius 1 is 1.45 bits per heavy atom. The van der Waals surface area contributed by atoms with Gasteiger partial charge in [-0.2, -0.15) is 0 Å². The molecule has 1 atom stereocenters. The van der Waals surface area contributed by atoms with Gasteiger partial charge in [0, 0.05) is 30.6 Å². The monoisotopic (exact) mass is 290 g/mol. The fourth-order valence-corrected chi connectivity index (χ4v) is 3.65. The number of likely N-dealkylation sites (tertiary alicyclic amines) is 1. The molecule has 0 spiro atoms. The van der Waals surface area contributed by atoms with Crippen molar-refractivity contribution in [1.82, 2.24) is 4.90 Å². The van der Waals surface area contributed by atoms with Gasteiger partial charge in [-0.05, 0) is 42.5 Å². The Hall–Kier alpha value is -1.59. The summed E-state index contributed by atoms with van der Waals surface area (Å²) in [4.78, 5) is 15.2. The van der Waals surface area contributed by atoms with Crippen molar-refractivity contribution in [3.63, 3.8) is 0 Å². The summed E-state index contributed by atoms with van der Waals surface area (Å²) in [6.07, 6.45) is 2.20. The van der Waals surface area contributed by atoms with Crippen LogP contribution in [0.2, 0.25) is 0 Å². The van der Waals surface area contributed by atoms with E-state index in [4.69, 9.17) is 10.5 Å². The molecule has 2 heterocycles. The van der Waals surface area contributed by atoms with Crippen molar-refractivity contribution in [3.05, 3.63) is 29.1 Å². The van der Waals surface area contributed by atoms with Crippen molar-refractivity contribution in [2.24, 2.45) is 0 Å². The number of anilines is 1. The van der Waals surface area contributed by atoms with Crippen molar-refractivity contribution in [3.8, 4) is 0 Å². The van der Waals surface area contributed by atoms with E-state index < -0.39 is 0 Å². The zero-order valence-electron chi connectivity index (χ0n) is 11.5. The number of thiophene rings is 1. The third-order valence-corrected chi connectivity index (χ3v) is 4.85. The first-order valence-electron chi connectivity index (χ1n) is 6.78. The van der Waals surface area contributed by atoms with Gasteiger partial charge in [0.2, 0.25) is 0 Å². The molecule has 1 unspecified atom stereocenters. The summed E-state index contributed by atoms with van der Waals surface area (Å²) in [5.41, 5.74) is 6.51. The molecule has 20 heavy (non-hydrogen) atoms. The van der Waals surface area contributed by atoms with Crippen LogP contribution in [0.25, 0.3) is 10.1 Å². The molecule has 3 rings (SSSR count). The summed E-state index contributed by atoms with van der Waals surface area (Å²) in [6, 6.07) is 7.70. The first-order chi connectivity index (χ1) is 9.67. The van der Waals surface area contributed by atoms with Gasteiger partial charge < -0.3 is 15.4 Å². The van der Waals surface area contributed by atoms with E-state index in [0.29, 0.717) is 6.54 Å². The fourth-order valence-electron chi connectivity index (χ4n) is 2.64. The molecule has 0 aliphatic carbocycles. The second kappa shape index (κ2) is 5.42. The highest BCUT2D eigenvalue weighted by molar-refractivity contribution is 7.20. The summed E-state index contributed by atoms with van der Waals surface area (Å²) in [5.74, 6) is 0.103. The molecule has 5 heteroatoms. The molecule has 1 saturated heterocycles. The zero-order chi connectivity index (χ0) is 14.1. The minimum Gasteiger partial charge on any atom is -0.399 e. The number of carbonyl (C=O) groups excluding carboxylic acids is 1. The average molecular weight is 290 g/mol. The number of hydrogen-bond acceptors (Lipinski definition) is 4. The maximum atomic E-state index is 12.6. The van der Waals surface area contributed by atoms with Crippen LogP contribution < -0.4 is 5.73 Å². The number of piperidine rings is 1. The Bertz CT molecular complexity index is 638. The lowest BCUT2D eigenvalue weighted by atomic mass is 10.1. The largest absolute Gasteiger partial charge is 0.399 e. The number of nitrogens with zero attached hydrogens (tertiary/aromatic N) is 1. The quantitative estimate of drug-likeness (QED) is 0.865. The molecule has 1 amide bonds. The van der Waals surface area contributed by atoms with Crippen LogP contribution in [0, 0.1) is 0 Å². The van der Waals surface area contributed by atoms with Gasteiger partial charge in [0.25, 0.3) is 5.91 Å². The van der Waals surface area contributed by atoms with Gasteiger partial charge >= 0.3 is 0 Å². The van der Waals surface area contributed by atoms with Gasteiger partial charge in [0.15, 0.2) is 0 Å². The molecular formula is C15H18N2O2S. The highest BCUT2D eigenvalue weighted by atomic mass is 32.1. The number of ether oxygens (including phenoxy) is 1. The Morgan fingerprint density at radius 2 is 2.30 bits per heavy atom. The zero-order valence-corrected chi connectivity index (χ0v) is 12.3. The lowest BCUT2D eigenvalue weighted by molar-refractivity contribution is 0.0271. The molecule has 1 aliphatic heterocycles. The summed E-state index contributed by atoms with van der Waals surface area (Å²) < 4.78 is 6.47. The van der Waals surface area contributed by atoms with Crippen molar-refractivity contribution in [2.75, 3.05) is 25.9 Å². The van der Waals surface area contributed by atoms with E-state index in [1.54, 1.807) is 7.11 Å². The fraction of sp³-hybridized carbons (Fsp3) is 0.400. The van der Waals surface area contributed by atoms with Crippen LogP contribution >= 0.6 is 11.3 Å². The molecule has 4 nitrogen and oxygen atoms in total. The molecule has 106 valence electrons.